The maximum absolute atomic E-state index is 8.56. The largest absolute Gasteiger partial charge is 0.490 e. The molecule has 17 heavy (non-hydrogen) atoms. The molecule has 0 amide bonds. The predicted molar refractivity (Wildman–Crippen MR) is 59.7 cm³/mol. The molecule has 0 aliphatic carbocycles. The molecule has 0 spiro atoms. The molecule has 1 rings (SSSR count). The Morgan fingerprint density at radius 1 is 0.941 bits per heavy atom. The number of aryl methyl sites for hydroxylation is 2. The fourth-order valence-electron chi connectivity index (χ4n) is 1.58. The van der Waals surface area contributed by atoms with E-state index < -0.39 is 0 Å². The van der Waals surface area contributed by atoms with Gasteiger partial charge in [-0.1, -0.05) is 0 Å². The molecule has 0 fully saturated rings. The summed E-state index contributed by atoms with van der Waals surface area (Å²) in [4.78, 5) is 0. The molecule has 1 heterocycles. The van der Waals surface area contributed by atoms with Crippen LogP contribution in [-0.2, 0) is 12.8 Å². The van der Waals surface area contributed by atoms with Gasteiger partial charge in [-0.3, -0.25) is 0 Å². The van der Waals surface area contributed by atoms with Crippen molar-refractivity contribution in [1.82, 2.24) is 0 Å². The van der Waals surface area contributed by atoms with E-state index in [4.69, 9.17) is 24.4 Å². The zero-order valence-corrected chi connectivity index (χ0v) is 9.95. The molecule has 1 aromatic rings. The van der Waals surface area contributed by atoms with Crippen molar-refractivity contribution in [1.29, 1.82) is 10.5 Å². The van der Waals surface area contributed by atoms with Gasteiger partial charge in [0.15, 0.2) is 11.5 Å². The van der Waals surface area contributed by atoms with Gasteiger partial charge in [0.2, 0.25) is 11.5 Å². The second kappa shape index (κ2) is 6.44. The zero-order valence-electron chi connectivity index (χ0n) is 9.95. The molecule has 0 saturated heterocycles. The highest BCUT2D eigenvalue weighted by Crippen LogP contribution is 2.38. The van der Waals surface area contributed by atoms with Crippen molar-refractivity contribution >= 4 is 0 Å². The molecule has 0 radical (unpaired) electrons. The lowest BCUT2D eigenvalue weighted by molar-refractivity contribution is 0.353. The topological polar surface area (TPSA) is 79.2 Å². The standard InChI is InChI=1S/C12H14N2O3/c1-15-11-9(5-3-7-13)17-10(6-4-8-14)12(11)16-2/h3-6H2,1-2H3. The second-order valence-corrected chi connectivity index (χ2v) is 3.33. The van der Waals surface area contributed by atoms with Crippen LogP contribution >= 0.6 is 0 Å². The molecule has 5 heteroatoms. The van der Waals surface area contributed by atoms with Gasteiger partial charge in [-0.2, -0.15) is 10.5 Å². The first-order valence-electron chi connectivity index (χ1n) is 5.24. The summed E-state index contributed by atoms with van der Waals surface area (Å²) in [5.41, 5.74) is 0. The van der Waals surface area contributed by atoms with Gasteiger partial charge < -0.3 is 13.9 Å². The average molecular weight is 234 g/mol. The molecule has 90 valence electrons. The number of methoxy groups -OCH3 is 2. The Morgan fingerprint density at radius 3 is 1.65 bits per heavy atom. The van der Waals surface area contributed by atoms with E-state index >= 15 is 0 Å². The molecular weight excluding hydrogens is 220 g/mol. The van der Waals surface area contributed by atoms with E-state index in [2.05, 4.69) is 0 Å². The summed E-state index contributed by atoms with van der Waals surface area (Å²) in [7, 11) is 3.05. The maximum Gasteiger partial charge on any atom is 0.203 e. The van der Waals surface area contributed by atoms with Crippen molar-refractivity contribution in [3.63, 3.8) is 0 Å². The number of hydrogen-bond acceptors (Lipinski definition) is 5. The minimum atomic E-state index is 0.352. The lowest BCUT2D eigenvalue weighted by atomic mass is 10.2. The van der Waals surface area contributed by atoms with Gasteiger partial charge in [0.05, 0.1) is 26.4 Å². The molecule has 0 saturated carbocycles. The van der Waals surface area contributed by atoms with Crippen LogP contribution in [0.2, 0.25) is 0 Å². The molecule has 0 aliphatic heterocycles. The molecule has 0 atom stereocenters. The van der Waals surface area contributed by atoms with Crippen molar-refractivity contribution in [2.24, 2.45) is 0 Å². The Morgan fingerprint density at radius 2 is 1.35 bits per heavy atom. The third kappa shape index (κ3) is 2.92. The molecule has 0 unspecified atom stereocenters. The van der Waals surface area contributed by atoms with Crippen LogP contribution in [0.4, 0.5) is 0 Å². The number of hydrogen-bond donors (Lipinski definition) is 0. The van der Waals surface area contributed by atoms with Crippen molar-refractivity contribution in [3.8, 4) is 23.6 Å². The quantitative estimate of drug-likeness (QED) is 0.753. The molecular formula is C12H14N2O3. The maximum atomic E-state index is 8.56. The number of rotatable bonds is 6. The molecule has 0 bridgehead atoms. The monoisotopic (exact) mass is 234 g/mol. The lowest BCUT2D eigenvalue weighted by Gasteiger charge is -2.02. The second-order valence-electron chi connectivity index (χ2n) is 3.33. The Bertz CT molecular complexity index is 411. The van der Waals surface area contributed by atoms with Crippen LogP contribution in [0.5, 0.6) is 11.5 Å². The minimum Gasteiger partial charge on any atom is -0.490 e. The van der Waals surface area contributed by atoms with E-state index in [0.29, 0.717) is 48.7 Å². The first-order chi connectivity index (χ1) is 8.28. The van der Waals surface area contributed by atoms with E-state index in [9.17, 15) is 0 Å². The predicted octanol–water partition coefficient (Wildman–Crippen LogP) is 2.21. The highest BCUT2D eigenvalue weighted by molar-refractivity contribution is 5.46. The van der Waals surface area contributed by atoms with Crippen LogP contribution in [0, 0.1) is 22.7 Å². The van der Waals surface area contributed by atoms with Gasteiger partial charge in [-0.15, -0.1) is 0 Å². The number of ether oxygens (including phenoxy) is 2. The van der Waals surface area contributed by atoms with Crippen molar-refractivity contribution in [3.05, 3.63) is 11.5 Å². The molecule has 5 nitrogen and oxygen atoms in total. The Kier molecular flexibility index (Phi) is 4.90. The molecule has 0 N–H and O–H groups in total. The summed E-state index contributed by atoms with van der Waals surface area (Å²) in [5.74, 6) is 2.24. The van der Waals surface area contributed by atoms with Gasteiger partial charge >= 0.3 is 0 Å². The number of furan rings is 1. The molecule has 0 aliphatic rings. The van der Waals surface area contributed by atoms with Crippen LogP contribution in [0.3, 0.4) is 0 Å². The van der Waals surface area contributed by atoms with Crippen LogP contribution in [0.15, 0.2) is 4.42 Å². The third-order valence-corrected chi connectivity index (χ3v) is 2.30. The first kappa shape index (κ1) is 12.9. The van der Waals surface area contributed by atoms with E-state index in [0.717, 1.165) is 0 Å². The zero-order chi connectivity index (χ0) is 12.7. The summed E-state index contributed by atoms with van der Waals surface area (Å²) in [5, 5.41) is 17.1. The Balaban J connectivity index is 3.01. The van der Waals surface area contributed by atoms with E-state index in [1.165, 1.54) is 14.2 Å². The fraction of sp³-hybridized carbons (Fsp3) is 0.500. The van der Waals surface area contributed by atoms with Crippen molar-refractivity contribution in [2.45, 2.75) is 25.7 Å². The fourth-order valence-corrected chi connectivity index (χ4v) is 1.58. The summed E-state index contributed by atoms with van der Waals surface area (Å²) in [6.07, 6.45) is 1.65. The van der Waals surface area contributed by atoms with Crippen LogP contribution in [0.25, 0.3) is 0 Å². The van der Waals surface area contributed by atoms with E-state index in [-0.39, 0.29) is 0 Å². The Hall–Kier alpha value is -2.14. The summed E-state index contributed by atoms with van der Waals surface area (Å²) in [6, 6.07) is 4.10. The Labute approximate surface area is 100 Å². The first-order valence-corrected chi connectivity index (χ1v) is 5.24. The van der Waals surface area contributed by atoms with E-state index in [1.54, 1.807) is 0 Å². The lowest BCUT2D eigenvalue weighted by Crippen LogP contribution is -1.92. The van der Waals surface area contributed by atoms with Crippen LogP contribution in [0.1, 0.15) is 24.4 Å². The average Bonchev–Trinajstić information content (AvgIpc) is 2.70. The molecule has 1 aromatic heterocycles. The minimum absolute atomic E-state index is 0.352. The van der Waals surface area contributed by atoms with E-state index in [1.807, 2.05) is 12.1 Å². The molecule has 0 aromatic carbocycles. The highest BCUT2D eigenvalue weighted by atomic mass is 16.5. The van der Waals surface area contributed by atoms with Crippen molar-refractivity contribution in [2.75, 3.05) is 14.2 Å². The van der Waals surface area contributed by atoms with Gasteiger partial charge in [0.25, 0.3) is 0 Å². The van der Waals surface area contributed by atoms with Gasteiger partial charge in [-0.05, 0) is 0 Å². The van der Waals surface area contributed by atoms with Crippen molar-refractivity contribution < 1.29 is 13.9 Å². The normalized spacial score (nSPS) is 9.41. The smallest absolute Gasteiger partial charge is 0.203 e. The highest BCUT2D eigenvalue weighted by Gasteiger charge is 2.21. The number of nitriles is 2. The third-order valence-electron chi connectivity index (χ3n) is 2.30. The summed E-state index contributed by atoms with van der Waals surface area (Å²) in [6.45, 7) is 0. The summed E-state index contributed by atoms with van der Waals surface area (Å²) < 4.78 is 16.0. The van der Waals surface area contributed by atoms with Gasteiger partial charge in [0, 0.05) is 25.7 Å². The van der Waals surface area contributed by atoms with Gasteiger partial charge in [0.1, 0.15) is 0 Å². The van der Waals surface area contributed by atoms with Crippen LogP contribution < -0.4 is 9.47 Å². The number of nitrogens with zero attached hydrogens (tertiary/aromatic N) is 2. The van der Waals surface area contributed by atoms with Gasteiger partial charge in [-0.25, -0.2) is 0 Å². The summed E-state index contributed by atoms with van der Waals surface area (Å²) >= 11 is 0. The SMILES string of the molecule is COc1c(CCC#N)oc(CCC#N)c1OC. The van der Waals surface area contributed by atoms with Crippen LogP contribution in [-0.4, -0.2) is 14.2 Å².